The molecule has 0 unspecified atom stereocenters. The molecule has 0 amide bonds. The highest BCUT2D eigenvalue weighted by molar-refractivity contribution is 5.94. The van der Waals surface area contributed by atoms with Gasteiger partial charge in [-0.1, -0.05) is 107 Å². The molecule has 2 nitrogen and oxygen atoms in total. The molecular formula is C27H43NO. The topological polar surface area (TPSA) is 29.1 Å². The summed E-state index contributed by atoms with van der Waals surface area (Å²) in [4.78, 5) is 12.1. The summed E-state index contributed by atoms with van der Waals surface area (Å²) >= 11 is 0. The first-order chi connectivity index (χ1) is 14.2. The van der Waals surface area contributed by atoms with E-state index in [2.05, 4.69) is 43.1 Å². The van der Waals surface area contributed by atoms with Crippen LogP contribution in [-0.2, 0) is 11.3 Å². The van der Waals surface area contributed by atoms with E-state index >= 15 is 0 Å². The number of carbonyl (C=O) groups excluding carboxylic acids is 1. The molecular weight excluding hydrogens is 354 g/mol. The molecule has 1 aromatic carbocycles. The molecule has 0 heterocycles. The molecule has 0 atom stereocenters. The van der Waals surface area contributed by atoms with E-state index in [-0.39, 0.29) is 5.78 Å². The number of carbonyl (C=O) groups is 1. The Labute approximate surface area is 179 Å². The van der Waals surface area contributed by atoms with Gasteiger partial charge in [-0.25, -0.2) is 0 Å². The maximum Gasteiger partial charge on any atom is 0.178 e. The van der Waals surface area contributed by atoms with Crippen molar-refractivity contribution in [2.24, 2.45) is 0 Å². The van der Waals surface area contributed by atoms with Gasteiger partial charge in [0.15, 0.2) is 5.78 Å². The zero-order chi connectivity index (χ0) is 21.0. The summed E-state index contributed by atoms with van der Waals surface area (Å²) in [6.45, 7) is 6.82. The monoisotopic (exact) mass is 397 g/mol. The Hall–Kier alpha value is -1.83. The van der Waals surface area contributed by atoms with Gasteiger partial charge in [0.2, 0.25) is 0 Å². The summed E-state index contributed by atoms with van der Waals surface area (Å²) in [6.07, 6.45) is 21.9. The molecule has 0 aromatic heterocycles. The molecule has 1 N–H and O–H groups in total. The van der Waals surface area contributed by atoms with Gasteiger partial charge < -0.3 is 5.32 Å². The highest BCUT2D eigenvalue weighted by Crippen LogP contribution is 2.11. The molecule has 0 radical (unpaired) electrons. The van der Waals surface area contributed by atoms with Crippen LogP contribution < -0.4 is 5.32 Å². The third-order valence-corrected chi connectivity index (χ3v) is 5.35. The summed E-state index contributed by atoms with van der Waals surface area (Å²) < 4.78 is 0. The van der Waals surface area contributed by atoms with Crippen molar-refractivity contribution in [3.63, 3.8) is 0 Å². The average Bonchev–Trinajstić information content (AvgIpc) is 2.75. The summed E-state index contributed by atoms with van der Waals surface area (Å²) in [6, 6.07) is 10.1. The van der Waals surface area contributed by atoms with E-state index in [0.29, 0.717) is 18.7 Å². The predicted molar refractivity (Wildman–Crippen MR) is 127 cm³/mol. The molecule has 2 heteroatoms. The van der Waals surface area contributed by atoms with Gasteiger partial charge in [-0.2, -0.15) is 0 Å². The third kappa shape index (κ3) is 14.8. The maximum absolute atomic E-state index is 12.1. The van der Waals surface area contributed by atoms with Crippen LogP contribution in [0.15, 0.2) is 54.8 Å². The number of benzene rings is 1. The second-order valence-electron chi connectivity index (χ2n) is 8.08. The van der Waals surface area contributed by atoms with Gasteiger partial charge in [0.1, 0.15) is 0 Å². The number of rotatable bonds is 19. The van der Waals surface area contributed by atoms with Crippen molar-refractivity contribution in [1.29, 1.82) is 0 Å². The molecule has 0 bridgehead atoms. The van der Waals surface area contributed by atoms with Crippen LogP contribution in [0, 0.1) is 0 Å². The Morgan fingerprint density at radius 2 is 1.38 bits per heavy atom. The van der Waals surface area contributed by atoms with Gasteiger partial charge in [-0.15, -0.1) is 0 Å². The van der Waals surface area contributed by atoms with Gasteiger partial charge in [-0.3, -0.25) is 4.79 Å². The smallest absolute Gasteiger partial charge is 0.178 e. The Kier molecular flexibility index (Phi) is 15.8. The van der Waals surface area contributed by atoms with Crippen LogP contribution in [0.1, 0.15) is 102 Å². The van der Waals surface area contributed by atoms with Crippen LogP contribution in [0.25, 0.3) is 0 Å². The van der Waals surface area contributed by atoms with Crippen molar-refractivity contribution < 1.29 is 4.79 Å². The van der Waals surface area contributed by atoms with E-state index in [1.165, 1.54) is 76.2 Å². The van der Waals surface area contributed by atoms with Crippen molar-refractivity contribution in [3.05, 3.63) is 60.3 Å². The molecule has 162 valence electrons. The molecule has 1 aromatic rings. The first-order valence-corrected chi connectivity index (χ1v) is 11.9. The van der Waals surface area contributed by atoms with E-state index in [0.717, 1.165) is 12.8 Å². The number of ketones is 1. The predicted octanol–water partition coefficient (Wildman–Crippen LogP) is 7.90. The maximum atomic E-state index is 12.1. The number of hydrogen-bond donors (Lipinski definition) is 1. The van der Waals surface area contributed by atoms with Gasteiger partial charge in [0, 0.05) is 13.0 Å². The molecule has 0 aliphatic heterocycles. The van der Waals surface area contributed by atoms with Crippen LogP contribution in [0.4, 0.5) is 0 Å². The lowest BCUT2D eigenvalue weighted by molar-refractivity contribution is -0.116. The first-order valence-electron chi connectivity index (χ1n) is 11.9. The van der Waals surface area contributed by atoms with Crippen LogP contribution in [0.5, 0.6) is 0 Å². The van der Waals surface area contributed by atoms with Crippen LogP contribution in [-0.4, -0.2) is 5.78 Å². The lowest BCUT2D eigenvalue weighted by Gasteiger charge is -2.08. The Morgan fingerprint density at radius 1 is 0.828 bits per heavy atom. The fraction of sp³-hybridized carbons (Fsp3) is 0.593. The number of hydrogen-bond acceptors (Lipinski definition) is 2. The van der Waals surface area contributed by atoms with Crippen molar-refractivity contribution >= 4 is 5.78 Å². The largest absolute Gasteiger partial charge is 0.379 e. The van der Waals surface area contributed by atoms with Crippen molar-refractivity contribution in [3.8, 4) is 0 Å². The van der Waals surface area contributed by atoms with Crippen LogP contribution in [0.3, 0.4) is 0 Å². The van der Waals surface area contributed by atoms with E-state index in [4.69, 9.17) is 0 Å². The molecule has 1 rings (SSSR count). The lowest BCUT2D eigenvalue weighted by atomic mass is 10.1. The van der Waals surface area contributed by atoms with E-state index in [1.807, 2.05) is 18.2 Å². The molecule has 29 heavy (non-hydrogen) atoms. The summed E-state index contributed by atoms with van der Waals surface area (Å²) in [5.41, 5.74) is 1.71. The Morgan fingerprint density at radius 3 is 2.00 bits per heavy atom. The first kappa shape index (κ1) is 25.2. The molecule has 0 fully saturated rings. The van der Waals surface area contributed by atoms with Crippen molar-refractivity contribution in [2.45, 2.75) is 103 Å². The van der Waals surface area contributed by atoms with Crippen LogP contribution in [0.2, 0.25) is 0 Å². The fourth-order valence-corrected chi connectivity index (χ4v) is 3.41. The molecule has 0 saturated heterocycles. The summed E-state index contributed by atoms with van der Waals surface area (Å²) in [5.74, 6) is 0.151. The summed E-state index contributed by atoms with van der Waals surface area (Å²) in [7, 11) is 0. The minimum Gasteiger partial charge on any atom is -0.379 e. The zero-order valence-corrected chi connectivity index (χ0v) is 18.8. The fourth-order valence-electron chi connectivity index (χ4n) is 3.41. The van der Waals surface area contributed by atoms with Crippen molar-refractivity contribution in [2.75, 3.05) is 0 Å². The SMILES string of the molecule is C=C(NCc1ccccc1)C(=O)CCCCCCC/C=C\CCCCCCCC. The van der Waals surface area contributed by atoms with Crippen molar-refractivity contribution in [1.82, 2.24) is 5.32 Å². The van der Waals surface area contributed by atoms with Gasteiger partial charge in [0.05, 0.1) is 5.70 Å². The number of nitrogens with one attached hydrogen (secondary N) is 1. The van der Waals surface area contributed by atoms with Gasteiger partial charge >= 0.3 is 0 Å². The third-order valence-electron chi connectivity index (χ3n) is 5.35. The normalized spacial score (nSPS) is 11.1. The second kappa shape index (κ2) is 18.2. The number of Topliss-reactive ketones (excluding diaryl/α,β-unsaturated/α-hetero) is 1. The zero-order valence-electron chi connectivity index (χ0n) is 18.8. The Bertz CT molecular complexity index is 561. The number of unbranched alkanes of at least 4 members (excludes halogenated alkanes) is 11. The van der Waals surface area contributed by atoms with Gasteiger partial charge in [-0.05, 0) is 37.7 Å². The number of allylic oxidation sites excluding steroid dienone is 3. The molecule has 0 aliphatic carbocycles. The highest BCUT2D eigenvalue weighted by atomic mass is 16.1. The van der Waals surface area contributed by atoms with Gasteiger partial charge in [0.25, 0.3) is 0 Å². The lowest BCUT2D eigenvalue weighted by Crippen LogP contribution is -2.19. The van der Waals surface area contributed by atoms with E-state index in [1.54, 1.807) is 0 Å². The van der Waals surface area contributed by atoms with Crippen LogP contribution >= 0.6 is 0 Å². The minimum absolute atomic E-state index is 0.151. The average molecular weight is 398 g/mol. The molecule has 0 saturated carbocycles. The Balaban J connectivity index is 1.89. The van der Waals surface area contributed by atoms with E-state index < -0.39 is 0 Å². The second-order valence-corrected chi connectivity index (χ2v) is 8.08. The molecule has 0 spiro atoms. The quantitative estimate of drug-likeness (QED) is 0.146. The minimum atomic E-state index is 0.151. The molecule has 0 aliphatic rings. The highest BCUT2D eigenvalue weighted by Gasteiger charge is 2.06. The summed E-state index contributed by atoms with van der Waals surface area (Å²) in [5, 5.41) is 3.15. The van der Waals surface area contributed by atoms with E-state index in [9.17, 15) is 4.79 Å². The standard InChI is InChI=1S/C27H43NO/c1-3-4-5-6-7-8-9-10-11-12-13-14-15-16-20-23-27(29)25(2)28-24-26-21-18-17-19-22-26/h10-11,17-19,21-22,28H,2-9,12-16,20,23-24H2,1H3/b11-10-.